The van der Waals surface area contributed by atoms with E-state index >= 15 is 0 Å². The third kappa shape index (κ3) is 3.53. The number of hydrogen-bond donors (Lipinski definition) is 1. The van der Waals surface area contributed by atoms with Crippen molar-refractivity contribution in [3.05, 3.63) is 82.4 Å². The van der Waals surface area contributed by atoms with E-state index in [4.69, 9.17) is 23.8 Å². The Bertz CT molecular complexity index is 1200. The first-order chi connectivity index (χ1) is 14.4. The molecule has 1 N–H and O–H groups in total. The van der Waals surface area contributed by atoms with Crippen molar-refractivity contribution >= 4 is 52.5 Å². The van der Waals surface area contributed by atoms with Crippen molar-refractivity contribution in [3.8, 4) is 5.69 Å². The summed E-state index contributed by atoms with van der Waals surface area (Å²) in [6, 6.07) is 12.4. The van der Waals surface area contributed by atoms with Crippen LogP contribution in [0.15, 0.2) is 60.4 Å². The summed E-state index contributed by atoms with van der Waals surface area (Å²) in [6.45, 7) is 3.89. The van der Waals surface area contributed by atoms with Gasteiger partial charge in [-0.3, -0.25) is 24.8 Å². The molecule has 4 rings (SSSR count). The fourth-order valence-corrected chi connectivity index (χ4v) is 3.86. The number of nitrogens with one attached hydrogen (secondary N) is 1. The lowest BCUT2D eigenvalue weighted by Crippen LogP contribution is -2.54. The lowest BCUT2D eigenvalue weighted by Gasteiger charge is -2.28. The second kappa shape index (κ2) is 7.85. The molecule has 1 aliphatic heterocycles. The first-order valence-corrected chi connectivity index (χ1v) is 9.92. The lowest BCUT2D eigenvalue weighted by molar-refractivity contribution is -0.122. The van der Waals surface area contributed by atoms with Gasteiger partial charge in [0.05, 0.1) is 17.6 Å². The van der Waals surface area contributed by atoms with E-state index in [1.165, 1.54) is 4.90 Å². The fourth-order valence-electron chi connectivity index (χ4n) is 3.45. The van der Waals surface area contributed by atoms with Crippen LogP contribution in [0, 0.1) is 13.8 Å². The average Bonchev–Trinajstić information content (AvgIpc) is 3.00. The predicted octanol–water partition coefficient (Wildman–Crippen LogP) is 3.97. The molecule has 30 heavy (non-hydrogen) atoms. The molecule has 0 spiro atoms. The number of carbonyl (C=O) groups is 2. The first-order valence-electron chi connectivity index (χ1n) is 9.13. The Kier molecular flexibility index (Phi) is 5.24. The maximum absolute atomic E-state index is 13.2. The summed E-state index contributed by atoms with van der Waals surface area (Å²) in [6.07, 6.45) is 5.06. The second-order valence-corrected chi connectivity index (χ2v) is 7.63. The zero-order valence-corrected chi connectivity index (χ0v) is 17.8. The number of amides is 2. The number of anilines is 1. The van der Waals surface area contributed by atoms with Gasteiger partial charge in [0.15, 0.2) is 5.11 Å². The van der Waals surface area contributed by atoms with E-state index in [2.05, 4.69) is 10.3 Å². The van der Waals surface area contributed by atoms with Gasteiger partial charge in [-0.05, 0) is 80.2 Å². The third-order valence-electron chi connectivity index (χ3n) is 4.86. The van der Waals surface area contributed by atoms with Crippen molar-refractivity contribution in [2.24, 2.45) is 0 Å². The molecular weight excluding hydrogens is 420 g/mol. The van der Waals surface area contributed by atoms with Crippen LogP contribution in [0.2, 0.25) is 5.02 Å². The van der Waals surface area contributed by atoms with E-state index in [0.717, 1.165) is 22.6 Å². The second-order valence-electron chi connectivity index (χ2n) is 6.81. The Morgan fingerprint density at radius 1 is 1.10 bits per heavy atom. The van der Waals surface area contributed by atoms with E-state index in [-0.39, 0.29) is 10.7 Å². The van der Waals surface area contributed by atoms with Crippen molar-refractivity contribution in [2.45, 2.75) is 13.8 Å². The number of hydrogen-bond acceptors (Lipinski definition) is 4. The van der Waals surface area contributed by atoms with Crippen LogP contribution >= 0.6 is 23.8 Å². The number of pyridine rings is 1. The third-order valence-corrected chi connectivity index (χ3v) is 5.40. The number of thiocarbonyl (C=S) groups is 1. The average molecular weight is 437 g/mol. The van der Waals surface area contributed by atoms with E-state index in [1.54, 1.807) is 42.7 Å². The van der Waals surface area contributed by atoms with Gasteiger partial charge in [-0.15, -0.1) is 0 Å². The number of benzene rings is 1. The van der Waals surface area contributed by atoms with Gasteiger partial charge in [0, 0.05) is 22.6 Å². The first kappa shape index (κ1) is 20.0. The molecule has 2 amide bonds. The number of rotatable bonds is 3. The van der Waals surface area contributed by atoms with Crippen LogP contribution in [0.4, 0.5) is 5.69 Å². The van der Waals surface area contributed by atoms with Gasteiger partial charge in [-0.1, -0.05) is 11.6 Å². The van der Waals surface area contributed by atoms with Crippen LogP contribution < -0.4 is 10.2 Å². The monoisotopic (exact) mass is 436 g/mol. The molecule has 150 valence electrons. The van der Waals surface area contributed by atoms with E-state index in [9.17, 15) is 9.59 Å². The molecule has 1 fully saturated rings. The summed E-state index contributed by atoms with van der Waals surface area (Å²) < 4.78 is 2.02. The molecule has 0 atom stereocenters. The van der Waals surface area contributed by atoms with Crippen molar-refractivity contribution in [1.29, 1.82) is 0 Å². The van der Waals surface area contributed by atoms with Crippen LogP contribution in [0.1, 0.15) is 17.0 Å². The topological polar surface area (TPSA) is 67.2 Å². The van der Waals surface area contributed by atoms with Crippen molar-refractivity contribution in [2.75, 3.05) is 4.90 Å². The maximum Gasteiger partial charge on any atom is 0.270 e. The molecule has 0 saturated carbocycles. The van der Waals surface area contributed by atoms with Gasteiger partial charge in [0.1, 0.15) is 5.57 Å². The quantitative estimate of drug-likeness (QED) is 0.383. The zero-order valence-electron chi connectivity index (χ0n) is 16.2. The van der Waals surface area contributed by atoms with Crippen LogP contribution in [-0.2, 0) is 9.59 Å². The zero-order chi connectivity index (χ0) is 21.4. The number of halogens is 1. The number of aromatic nitrogens is 2. The summed E-state index contributed by atoms with van der Waals surface area (Å²) in [7, 11) is 0. The Morgan fingerprint density at radius 3 is 2.50 bits per heavy atom. The minimum absolute atomic E-state index is 0.00462. The summed E-state index contributed by atoms with van der Waals surface area (Å²) >= 11 is 11.2. The van der Waals surface area contributed by atoms with Crippen molar-refractivity contribution in [1.82, 2.24) is 14.9 Å². The fraction of sp³-hybridized carbons (Fsp3) is 0.0909. The van der Waals surface area contributed by atoms with Gasteiger partial charge >= 0.3 is 0 Å². The molecule has 1 aliphatic rings. The Hall–Kier alpha value is -3.29. The van der Waals surface area contributed by atoms with Gasteiger partial charge < -0.3 is 4.57 Å². The molecule has 2 aromatic heterocycles. The molecular formula is C22H17ClN4O2S. The molecule has 8 heteroatoms. The van der Waals surface area contributed by atoms with Crippen molar-refractivity contribution in [3.63, 3.8) is 0 Å². The molecule has 3 heterocycles. The lowest BCUT2D eigenvalue weighted by atomic mass is 10.1. The molecule has 1 aromatic carbocycles. The van der Waals surface area contributed by atoms with Crippen LogP contribution in [0.25, 0.3) is 11.8 Å². The minimum Gasteiger partial charge on any atom is -0.316 e. The van der Waals surface area contributed by atoms with Crippen molar-refractivity contribution < 1.29 is 9.59 Å². The largest absolute Gasteiger partial charge is 0.316 e. The van der Waals surface area contributed by atoms with Gasteiger partial charge in [-0.25, -0.2) is 0 Å². The number of aryl methyl sites for hydroxylation is 1. The normalized spacial score (nSPS) is 15.6. The summed E-state index contributed by atoms with van der Waals surface area (Å²) in [5.41, 5.74) is 4.05. The van der Waals surface area contributed by atoms with Gasteiger partial charge in [-0.2, -0.15) is 0 Å². The highest BCUT2D eigenvalue weighted by Gasteiger charge is 2.34. The minimum atomic E-state index is -0.526. The highest BCUT2D eigenvalue weighted by atomic mass is 35.5. The Balaban J connectivity index is 1.76. The number of nitrogens with zero attached hydrogens (tertiary/aromatic N) is 3. The molecule has 0 radical (unpaired) electrons. The highest BCUT2D eigenvalue weighted by Crippen LogP contribution is 2.26. The maximum atomic E-state index is 13.2. The molecule has 6 nitrogen and oxygen atoms in total. The molecule has 0 unspecified atom stereocenters. The molecule has 0 aliphatic carbocycles. The molecule has 3 aromatic rings. The molecule has 0 bridgehead atoms. The van der Waals surface area contributed by atoms with Crippen LogP contribution in [-0.4, -0.2) is 26.5 Å². The van der Waals surface area contributed by atoms with Gasteiger partial charge in [0.25, 0.3) is 11.8 Å². The van der Waals surface area contributed by atoms with E-state index in [1.807, 2.05) is 36.6 Å². The van der Waals surface area contributed by atoms with Gasteiger partial charge in [0.2, 0.25) is 0 Å². The summed E-state index contributed by atoms with van der Waals surface area (Å²) in [4.78, 5) is 31.2. The Morgan fingerprint density at radius 2 is 1.83 bits per heavy atom. The Labute approximate surface area is 183 Å². The van der Waals surface area contributed by atoms with Crippen LogP contribution in [0.3, 0.4) is 0 Å². The molecule has 1 saturated heterocycles. The predicted molar refractivity (Wildman–Crippen MR) is 121 cm³/mol. The summed E-state index contributed by atoms with van der Waals surface area (Å²) in [5, 5.41) is 3.17. The van der Waals surface area contributed by atoms with Crippen LogP contribution in [0.5, 0.6) is 0 Å². The number of carbonyl (C=O) groups excluding carboxylic acids is 2. The van der Waals surface area contributed by atoms with E-state index in [0.29, 0.717) is 10.7 Å². The van der Waals surface area contributed by atoms with E-state index < -0.39 is 11.8 Å². The highest BCUT2D eigenvalue weighted by molar-refractivity contribution is 7.80. The standard InChI is InChI=1S/C22H17ClN4O2S/c1-13-10-15(14(2)26(13)18-4-3-9-24-12-18)11-19-20(28)25-22(30)27(21(19)29)17-7-5-16(23)6-8-17/h3-12H,1-2H3,(H,25,28,30). The smallest absolute Gasteiger partial charge is 0.270 e. The summed E-state index contributed by atoms with van der Waals surface area (Å²) in [5.74, 6) is -1.02. The SMILES string of the molecule is Cc1cc(C=C2C(=O)NC(=S)N(c3ccc(Cl)cc3)C2=O)c(C)n1-c1cccnc1.